The largest absolute Gasteiger partial charge is 0.365 e. The van der Waals surface area contributed by atoms with Gasteiger partial charge in [0.25, 0.3) is 0 Å². The van der Waals surface area contributed by atoms with Crippen LogP contribution in [0.5, 0.6) is 0 Å². The molecule has 2 fully saturated rings. The summed E-state index contributed by atoms with van der Waals surface area (Å²) in [4.78, 5) is 2.37. The molecule has 0 bridgehead atoms. The highest BCUT2D eigenvalue weighted by atomic mass is 79.9. The van der Waals surface area contributed by atoms with Gasteiger partial charge in [0.1, 0.15) is 5.82 Å². The Morgan fingerprint density at radius 3 is 2.75 bits per heavy atom. The molecule has 0 spiro atoms. The minimum Gasteiger partial charge on any atom is -0.365 e. The quantitative estimate of drug-likeness (QED) is 0.879. The second kappa shape index (κ2) is 4.99. The topological polar surface area (TPSA) is 15.3 Å². The van der Waals surface area contributed by atoms with E-state index in [2.05, 4.69) is 46.9 Å². The number of hydrogen-bond donors (Lipinski definition) is 1. The van der Waals surface area contributed by atoms with Crippen molar-refractivity contribution in [2.45, 2.75) is 45.2 Å². The number of aryl methyl sites for hydroxylation is 1. The van der Waals surface area contributed by atoms with Crippen LogP contribution in [0.25, 0.3) is 0 Å². The second-order valence-electron chi connectivity index (χ2n) is 6.60. The maximum atomic E-state index is 13.9. The van der Waals surface area contributed by atoms with Crippen LogP contribution in [0.15, 0.2) is 16.6 Å². The fourth-order valence-electron chi connectivity index (χ4n) is 3.32. The molecular formula is C16H22BrFN2. The molecule has 4 heteroatoms. The maximum Gasteiger partial charge on any atom is 0.139 e. The Balaban J connectivity index is 1.93. The van der Waals surface area contributed by atoms with Crippen LogP contribution in [0.2, 0.25) is 0 Å². The molecule has 1 aromatic carbocycles. The van der Waals surface area contributed by atoms with Crippen molar-refractivity contribution >= 4 is 21.6 Å². The van der Waals surface area contributed by atoms with Crippen molar-refractivity contribution in [1.29, 1.82) is 0 Å². The first kappa shape index (κ1) is 14.3. The molecule has 2 atom stereocenters. The lowest BCUT2D eigenvalue weighted by Crippen LogP contribution is -2.63. The van der Waals surface area contributed by atoms with E-state index in [9.17, 15) is 4.39 Å². The van der Waals surface area contributed by atoms with E-state index >= 15 is 0 Å². The third-order valence-electron chi connectivity index (χ3n) is 4.86. The molecule has 1 saturated carbocycles. The number of hydrogen-bond acceptors (Lipinski definition) is 2. The molecule has 1 N–H and O–H groups in total. The van der Waals surface area contributed by atoms with E-state index in [0.717, 1.165) is 30.3 Å². The standard InChI is InChI=1S/C16H22BrFN2/c1-10-6-13(17)14(18)7-15(10)20-9-16(3,12-4-5-12)19-8-11(20)2/h6-7,11-12,19H,4-5,8-9H2,1-3H3. The Labute approximate surface area is 128 Å². The summed E-state index contributed by atoms with van der Waals surface area (Å²) < 4.78 is 14.5. The Hall–Kier alpha value is -0.610. The van der Waals surface area contributed by atoms with Crippen LogP contribution < -0.4 is 10.2 Å². The molecule has 2 nitrogen and oxygen atoms in total. The van der Waals surface area contributed by atoms with Crippen molar-refractivity contribution in [2.75, 3.05) is 18.0 Å². The Morgan fingerprint density at radius 2 is 2.10 bits per heavy atom. The van der Waals surface area contributed by atoms with Gasteiger partial charge in [-0.3, -0.25) is 0 Å². The van der Waals surface area contributed by atoms with Crippen molar-refractivity contribution in [2.24, 2.45) is 5.92 Å². The number of nitrogens with zero attached hydrogens (tertiary/aromatic N) is 1. The molecule has 2 aliphatic rings. The highest BCUT2D eigenvalue weighted by Gasteiger charge is 2.45. The predicted octanol–water partition coefficient (Wildman–Crippen LogP) is 3.86. The minimum atomic E-state index is -0.176. The van der Waals surface area contributed by atoms with E-state index in [1.807, 2.05) is 6.07 Å². The molecule has 110 valence electrons. The van der Waals surface area contributed by atoms with Gasteiger partial charge in [-0.25, -0.2) is 4.39 Å². The summed E-state index contributed by atoms with van der Waals surface area (Å²) in [6.07, 6.45) is 2.64. The zero-order chi connectivity index (χ0) is 14.5. The molecule has 0 amide bonds. The average Bonchev–Trinajstić information content (AvgIpc) is 3.22. The van der Waals surface area contributed by atoms with Crippen LogP contribution in [0.4, 0.5) is 10.1 Å². The first-order valence-corrected chi connectivity index (χ1v) is 8.17. The lowest BCUT2D eigenvalue weighted by molar-refractivity contribution is 0.260. The molecule has 1 aromatic rings. The van der Waals surface area contributed by atoms with Gasteiger partial charge < -0.3 is 10.2 Å². The molecule has 20 heavy (non-hydrogen) atoms. The number of nitrogens with one attached hydrogen (secondary N) is 1. The number of anilines is 1. The predicted molar refractivity (Wildman–Crippen MR) is 84.8 cm³/mol. The first-order valence-electron chi connectivity index (χ1n) is 7.38. The smallest absolute Gasteiger partial charge is 0.139 e. The lowest BCUT2D eigenvalue weighted by Gasteiger charge is -2.47. The van der Waals surface area contributed by atoms with Crippen LogP contribution in [0.1, 0.15) is 32.3 Å². The number of benzene rings is 1. The van der Waals surface area contributed by atoms with Crippen LogP contribution in [-0.4, -0.2) is 24.7 Å². The number of piperazine rings is 1. The van der Waals surface area contributed by atoms with Crippen molar-refractivity contribution in [3.8, 4) is 0 Å². The van der Waals surface area contributed by atoms with Crippen molar-refractivity contribution in [1.82, 2.24) is 5.32 Å². The Kier molecular flexibility index (Phi) is 3.57. The van der Waals surface area contributed by atoms with E-state index in [0.29, 0.717) is 10.5 Å². The molecule has 1 aliphatic carbocycles. The fourth-order valence-corrected chi connectivity index (χ4v) is 3.78. The van der Waals surface area contributed by atoms with E-state index in [1.165, 1.54) is 12.8 Å². The van der Waals surface area contributed by atoms with Gasteiger partial charge in [0.15, 0.2) is 0 Å². The van der Waals surface area contributed by atoms with Crippen LogP contribution >= 0.6 is 15.9 Å². The van der Waals surface area contributed by atoms with Gasteiger partial charge >= 0.3 is 0 Å². The van der Waals surface area contributed by atoms with Crippen LogP contribution in [-0.2, 0) is 0 Å². The van der Waals surface area contributed by atoms with Gasteiger partial charge in [-0.2, -0.15) is 0 Å². The lowest BCUT2D eigenvalue weighted by atomic mass is 9.90. The molecule has 1 heterocycles. The normalized spacial score (nSPS) is 30.6. The van der Waals surface area contributed by atoms with E-state index in [4.69, 9.17) is 0 Å². The Morgan fingerprint density at radius 1 is 1.40 bits per heavy atom. The van der Waals surface area contributed by atoms with Crippen molar-refractivity contribution in [3.05, 3.63) is 28.0 Å². The number of halogens is 2. The average molecular weight is 341 g/mol. The second-order valence-corrected chi connectivity index (χ2v) is 7.46. The SMILES string of the molecule is Cc1cc(Br)c(F)cc1N1CC(C)(C2CC2)NCC1C. The van der Waals surface area contributed by atoms with Gasteiger partial charge in [0, 0.05) is 30.4 Å². The monoisotopic (exact) mass is 340 g/mol. The Bertz CT molecular complexity index is 529. The highest BCUT2D eigenvalue weighted by Crippen LogP contribution is 2.42. The summed E-state index contributed by atoms with van der Waals surface area (Å²) in [5, 5.41) is 3.71. The zero-order valence-corrected chi connectivity index (χ0v) is 13.9. The number of rotatable bonds is 2. The molecule has 0 radical (unpaired) electrons. The minimum absolute atomic E-state index is 0.169. The van der Waals surface area contributed by atoms with Crippen molar-refractivity contribution < 1.29 is 4.39 Å². The molecule has 2 unspecified atom stereocenters. The summed E-state index contributed by atoms with van der Waals surface area (Å²) in [5.74, 6) is 0.600. The maximum absolute atomic E-state index is 13.9. The zero-order valence-electron chi connectivity index (χ0n) is 12.3. The summed E-state index contributed by atoms with van der Waals surface area (Å²) in [6, 6.07) is 3.95. The van der Waals surface area contributed by atoms with Crippen LogP contribution in [0, 0.1) is 18.7 Å². The summed E-state index contributed by atoms with van der Waals surface area (Å²) in [7, 11) is 0. The molecular weight excluding hydrogens is 319 g/mol. The highest BCUT2D eigenvalue weighted by molar-refractivity contribution is 9.10. The molecule has 0 aromatic heterocycles. The van der Waals surface area contributed by atoms with Gasteiger partial charge in [-0.1, -0.05) is 0 Å². The van der Waals surface area contributed by atoms with Gasteiger partial charge in [-0.15, -0.1) is 0 Å². The van der Waals surface area contributed by atoms with Crippen molar-refractivity contribution in [3.63, 3.8) is 0 Å². The van der Waals surface area contributed by atoms with Gasteiger partial charge in [0.05, 0.1) is 4.47 Å². The molecule has 1 saturated heterocycles. The van der Waals surface area contributed by atoms with Gasteiger partial charge in [-0.05, 0) is 73.2 Å². The summed E-state index contributed by atoms with van der Waals surface area (Å²) in [6.45, 7) is 8.50. The van der Waals surface area contributed by atoms with E-state index in [1.54, 1.807) is 6.07 Å². The summed E-state index contributed by atoms with van der Waals surface area (Å²) >= 11 is 3.27. The molecule has 3 rings (SSSR count). The molecule has 1 aliphatic heterocycles. The van der Waals surface area contributed by atoms with Gasteiger partial charge in [0.2, 0.25) is 0 Å². The third-order valence-corrected chi connectivity index (χ3v) is 5.47. The van der Waals surface area contributed by atoms with E-state index < -0.39 is 0 Å². The summed E-state index contributed by atoms with van der Waals surface area (Å²) in [5.41, 5.74) is 2.33. The van der Waals surface area contributed by atoms with E-state index in [-0.39, 0.29) is 11.4 Å². The van der Waals surface area contributed by atoms with Crippen LogP contribution in [0.3, 0.4) is 0 Å². The first-order chi connectivity index (χ1) is 9.40. The third kappa shape index (κ3) is 2.48. The fraction of sp³-hybridized carbons (Fsp3) is 0.625.